The zero-order valence-electron chi connectivity index (χ0n) is 10.6. The predicted molar refractivity (Wildman–Crippen MR) is 66.4 cm³/mol. The Balaban J connectivity index is 2.24. The summed E-state index contributed by atoms with van der Waals surface area (Å²) >= 11 is 0. The monoisotopic (exact) mass is 309 g/mol. The summed E-state index contributed by atoms with van der Waals surface area (Å²) in [6, 6.07) is 9.20. The van der Waals surface area contributed by atoms with Crippen LogP contribution in [0.5, 0.6) is 0 Å². The molecule has 1 rings (SSSR count). The van der Waals surface area contributed by atoms with Gasteiger partial charge in [0, 0.05) is 0 Å². The fourth-order valence-corrected chi connectivity index (χ4v) is 2.06. The van der Waals surface area contributed by atoms with Crippen LogP contribution in [0.15, 0.2) is 30.3 Å². The van der Waals surface area contributed by atoms with Crippen LogP contribution in [0.25, 0.3) is 0 Å². The van der Waals surface area contributed by atoms with Gasteiger partial charge in [0.15, 0.2) is 0 Å². The molecule has 8 heteroatoms. The molecule has 0 fully saturated rings. The molecule has 0 bridgehead atoms. The van der Waals surface area contributed by atoms with E-state index in [0.717, 1.165) is 5.56 Å². The summed E-state index contributed by atoms with van der Waals surface area (Å²) in [5.41, 5.74) is 0.917. The molecular weight excluding hydrogens is 294 g/mol. The van der Waals surface area contributed by atoms with Crippen LogP contribution in [0, 0.1) is 0 Å². The van der Waals surface area contributed by atoms with Crippen LogP contribution in [-0.4, -0.2) is 44.5 Å². The van der Waals surface area contributed by atoms with Gasteiger partial charge in [0.05, 0.1) is 35.7 Å². The van der Waals surface area contributed by atoms with Gasteiger partial charge in [-0.3, -0.25) is 0 Å². The van der Waals surface area contributed by atoms with Crippen LogP contribution in [0.1, 0.15) is 5.56 Å². The highest BCUT2D eigenvalue weighted by atomic mass is 32.2. The third-order valence-electron chi connectivity index (χ3n) is 2.32. The summed E-state index contributed by atoms with van der Waals surface area (Å²) in [7, 11) is -4.75. The number of rotatable bonds is 9. The molecule has 20 heavy (non-hydrogen) atoms. The predicted octanol–water partition coefficient (Wildman–Crippen LogP) is 1.40. The van der Waals surface area contributed by atoms with Gasteiger partial charge >= 0.3 is 0 Å². The smallest absolute Gasteiger partial charge is 0.265 e. The van der Waals surface area contributed by atoms with E-state index in [0.29, 0.717) is 6.61 Å². The van der Waals surface area contributed by atoms with Crippen molar-refractivity contribution in [3.8, 4) is 0 Å². The molecule has 1 aromatic rings. The van der Waals surface area contributed by atoms with E-state index in [2.05, 4.69) is 4.74 Å². The lowest BCUT2D eigenvalue weighted by molar-refractivity contribution is -0.0621. The second-order valence-corrected chi connectivity index (χ2v) is 5.45. The number of hydrogen-bond acceptors (Lipinski definition) is 5. The Labute approximate surface area is 116 Å². The largest absolute Gasteiger partial charge is 0.748 e. The van der Waals surface area contributed by atoms with Crippen molar-refractivity contribution in [2.24, 2.45) is 0 Å². The van der Waals surface area contributed by atoms with Gasteiger partial charge in [-0.25, -0.2) is 17.2 Å². The van der Waals surface area contributed by atoms with Gasteiger partial charge in [0.25, 0.3) is 6.43 Å². The first-order chi connectivity index (χ1) is 9.38. The molecule has 0 heterocycles. The average molecular weight is 309 g/mol. The molecule has 1 aromatic carbocycles. The SMILES string of the molecule is O=S(=O)([O-])CC(OCCOCc1ccccc1)C(F)F. The maximum atomic E-state index is 12.4. The van der Waals surface area contributed by atoms with Gasteiger partial charge in [-0.15, -0.1) is 0 Å². The number of ether oxygens (including phenoxy) is 2. The lowest BCUT2D eigenvalue weighted by Crippen LogP contribution is -2.31. The molecule has 1 unspecified atom stereocenters. The maximum absolute atomic E-state index is 12.4. The Morgan fingerprint density at radius 3 is 2.35 bits per heavy atom. The second-order valence-electron chi connectivity index (χ2n) is 4.01. The molecule has 0 spiro atoms. The van der Waals surface area contributed by atoms with Gasteiger partial charge in [-0.2, -0.15) is 0 Å². The summed E-state index contributed by atoms with van der Waals surface area (Å²) < 4.78 is 66.0. The molecule has 0 aliphatic carbocycles. The van der Waals surface area contributed by atoms with Crippen LogP contribution in [-0.2, 0) is 26.2 Å². The summed E-state index contributed by atoms with van der Waals surface area (Å²) in [4.78, 5) is 0. The lowest BCUT2D eigenvalue weighted by Gasteiger charge is -2.18. The Morgan fingerprint density at radius 2 is 1.80 bits per heavy atom. The summed E-state index contributed by atoms with van der Waals surface area (Å²) in [6.07, 6.45) is -4.95. The maximum Gasteiger partial charge on any atom is 0.265 e. The van der Waals surface area contributed by atoms with Gasteiger partial charge < -0.3 is 14.0 Å². The molecule has 0 saturated heterocycles. The second kappa shape index (κ2) is 8.25. The fourth-order valence-electron chi connectivity index (χ4n) is 1.42. The topological polar surface area (TPSA) is 75.7 Å². The van der Waals surface area contributed by atoms with Crippen LogP contribution >= 0.6 is 0 Å². The van der Waals surface area contributed by atoms with Crippen LogP contribution in [0.2, 0.25) is 0 Å². The standard InChI is InChI=1S/C12H16F2O5S/c13-12(14)11(9-20(15,16)17)19-7-6-18-8-10-4-2-1-3-5-10/h1-5,11-12H,6-9H2,(H,15,16,17)/p-1. The number of alkyl halides is 2. The van der Waals surface area contributed by atoms with E-state index in [-0.39, 0.29) is 13.2 Å². The highest BCUT2D eigenvalue weighted by Gasteiger charge is 2.23. The molecular formula is C12H15F2O5S-. The minimum absolute atomic E-state index is 0.0248. The van der Waals surface area contributed by atoms with E-state index in [1.165, 1.54) is 0 Å². The average Bonchev–Trinajstić information content (AvgIpc) is 2.36. The number of hydrogen-bond donors (Lipinski definition) is 0. The van der Waals surface area contributed by atoms with E-state index in [1.54, 1.807) is 0 Å². The van der Waals surface area contributed by atoms with Gasteiger partial charge in [0.2, 0.25) is 0 Å². The fraction of sp³-hybridized carbons (Fsp3) is 0.500. The quantitative estimate of drug-likeness (QED) is 0.509. The normalized spacial score (nSPS) is 13.6. The Hall–Kier alpha value is -1.09. The van der Waals surface area contributed by atoms with Crippen molar-refractivity contribution in [1.82, 2.24) is 0 Å². The van der Waals surface area contributed by atoms with Crippen molar-refractivity contribution in [1.29, 1.82) is 0 Å². The molecule has 0 aromatic heterocycles. The van der Waals surface area contributed by atoms with Crippen LogP contribution in [0.4, 0.5) is 8.78 Å². The Morgan fingerprint density at radius 1 is 1.15 bits per heavy atom. The summed E-state index contributed by atoms with van der Waals surface area (Å²) in [5.74, 6) is -1.25. The first-order valence-corrected chi connectivity index (χ1v) is 7.41. The Kier molecular flexibility index (Phi) is 7.00. The van der Waals surface area contributed by atoms with E-state index in [1.807, 2.05) is 30.3 Å². The van der Waals surface area contributed by atoms with Crippen LogP contribution in [0.3, 0.4) is 0 Å². The van der Waals surface area contributed by atoms with Gasteiger partial charge in [-0.1, -0.05) is 30.3 Å². The van der Waals surface area contributed by atoms with E-state index in [9.17, 15) is 21.8 Å². The van der Waals surface area contributed by atoms with Crippen molar-refractivity contribution in [2.75, 3.05) is 19.0 Å². The number of halogens is 2. The van der Waals surface area contributed by atoms with Crippen molar-refractivity contribution in [3.05, 3.63) is 35.9 Å². The van der Waals surface area contributed by atoms with E-state index in [4.69, 9.17) is 4.74 Å². The van der Waals surface area contributed by atoms with E-state index < -0.39 is 28.4 Å². The molecule has 0 aliphatic heterocycles. The highest BCUT2D eigenvalue weighted by Crippen LogP contribution is 2.08. The third-order valence-corrected chi connectivity index (χ3v) is 3.06. The molecule has 0 radical (unpaired) electrons. The zero-order valence-corrected chi connectivity index (χ0v) is 11.4. The van der Waals surface area contributed by atoms with E-state index >= 15 is 0 Å². The molecule has 0 amide bonds. The molecule has 114 valence electrons. The summed E-state index contributed by atoms with van der Waals surface area (Å²) in [5, 5.41) is 0. The molecule has 0 N–H and O–H groups in total. The van der Waals surface area contributed by atoms with Gasteiger partial charge in [0.1, 0.15) is 6.10 Å². The third kappa shape index (κ3) is 7.49. The first-order valence-electron chi connectivity index (χ1n) is 5.83. The first kappa shape index (κ1) is 17.0. The van der Waals surface area contributed by atoms with Crippen molar-refractivity contribution < 1.29 is 31.2 Å². The van der Waals surface area contributed by atoms with Crippen molar-refractivity contribution >= 4 is 10.1 Å². The molecule has 0 saturated carbocycles. The van der Waals surface area contributed by atoms with Crippen LogP contribution < -0.4 is 0 Å². The lowest BCUT2D eigenvalue weighted by atomic mass is 10.2. The number of benzene rings is 1. The minimum Gasteiger partial charge on any atom is -0.748 e. The molecule has 5 nitrogen and oxygen atoms in total. The highest BCUT2D eigenvalue weighted by molar-refractivity contribution is 7.85. The Bertz CT molecular complexity index is 478. The summed E-state index contributed by atoms with van der Waals surface area (Å²) in [6.45, 7) is 0.109. The van der Waals surface area contributed by atoms with Crippen molar-refractivity contribution in [3.63, 3.8) is 0 Å². The van der Waals surface area contributed by atoms with Crippen molar-refractivity contribution in [2.45, 2.75) is 19.1 Å². The molecule has 0 aliphatic rings. The minimum atomic E-state index is -4.75. The van der Waals surface area contributed by atoms with Gasteiger partial charge in [-0.05, 0) is 5.56 Å². The zero-order chi connectivity index (χ0) is 15.0. The molecule has 1 atom stereocenters.